The summed E-state index contributed by atoms with van der Waals surface area (Å²) in [6.45, 7) is 0.436. The summed E-state index contributed by atoms with van der Waals surface area (Å²) in [4.78, 5) is 26.2. The molecule has 1 spiro atoms. The Balaban J connectivity index is 0.00000280. The molecular formula is C20H27NO7. The van der Waals surface area contributed by atoms with Gasteiger partial charge < -0.3 is 30.1 Å². The molecule has 0 bridgehead atoms. The highest BCUT2D eigenvalue weighted by atomic mass is 16.7. The number of carbonyl (C=O) groups is 2. The zero-order valence-corrected chi connectivity index (χ0v) is 16.1. The summed E-state index contributed by atoms with van der Waals surface area (Å²) in [5.41, 5.74) is -0.848. The standard InChI is InChI=1S/C20H25NO6.H2O/c1-21(2)13-16(14-5-7-15(22)8-6-14)19(25)11-3-4-12-20(19)26-17(23)9-10-18(24)27-20;/h5-10,16,22,25H,3-4,11-13H2,1-2H3;1H2/t16-,19?;/m1./s1. The Morgan fingerprint density at radius 3 is 2.11 bits per heavy atom. The van der Waals surface area contributed by atoms with Crippen LogP contribution in [-0.4, -0.2) is 64.6 Å². The van der Waals surface area contributed by atoms with Crippen LogP contribution >= 0.6 is 0 Å². The average molecular weight is 393 g/mol. The zero-order chi connectivity index (χ0) is 19.7. The van der Waals surface area contributed by atoms with E-state index in [0.29, 0.717) is 25.8 Å². The van der Waals surface area contributed by atoms with Crippen LogP contribution in [0, 0.1) is 0 Å². The number of hydrogen-bond donors (Lipinski definition) is 2. The summed E-state index contributed by atoms with van der Waals surface area (Å²) in [6, 6.07) is 6.54. The van der Waals surface area contributed by atoms with Gasteiger partial charge in [0.25, 0.3) is 5.79 Å². The van der Waals surface area contributed by atoms with Crippen molar-refractivity contribution in [2.24, 2.45) is 0 Å². The van der Waals surface area contributed by atoms with Gasteiger partial charge >= 0.3 is 11.9 Å². The number of rotatable bonds is 4. The van der Waals surface area contributed by atoms with E-state index in [1.807, 2.05) is 19.0 Å². The molecule has 0 radical (unpaired) electrons. The second-order valence-electron chi connectivity index (χ2n) is 7.47. The van der Waals surface area contributed by atoms with Crippen molar-refractivity contribution in [3.05, 3.63) is 42.0 Å². The van der Waals surface area contributed by atoms with Crippen LogP contribution in [0.15, 0.2) is 36.4 Å². The first-order valence-corrected chi connectivity index (χ1v) is 9.06. The molecule has 1 aliphatic heterocycles. The molecule has 3 rings (SSSR count). The maximum atomic E-state index is 12.1. The van der Waals surface area contributed by atoms with Crippen LogP contribution in [0.4, 0.5) is 0 Å². The number of ether oxygens (including phenoxy) is 2. The van der Waals surface area contributed by atoms with E-state index < -0.39 is 29.2 Å². The van der Waals surface area contributed by atoms with Crippen LogP contribution < -0.4 is 0 Å². The second-order valence-corrected chi connectivity index (χ2v) is 7.47. The van der Waals surface area contributed by atoms with Gasteiger partial charge in [-0.3, -0.25) is 0 Å². The number of phenolic OH excluding ortho intramolecular Hbond substituents is 1. The van der Waals surface area contributed by atoms with Gasteiger partial charge in [0, 0.05) is 31.0 Å². The van der Waals surface area contributed by atoms with E-state index >= 15 is 0 Å². The van der Waals surface area contributed by atoms with Crippen molar-refractivity contribution in [1.29, 1.82) is 0 Å². The third-order valence-electron chi connectivity index (χ3n) is 5.28. The Labute approximate surface area is 163 Å². The molecular weight excluding hydrogens is 366 g/mol. The Morgan fingerprint density at radius 1 is 1.04 bits per heavy atom. The first-order chi connectivity index (χ1) is 12.8. The van der Waals surface area contributed by atoms with Crippen LogP contribution in [0.5, 0.6) is 5.75 Å². The minimum absolute atomic E-state index is 0. The van der Waals surface area contributed by atoms with Crippen LogP contribution in [0.1, 0.15) is 37.2 Å². The number of aliphatic hydroxyl groups is 1. The number of hydrogen-bond acceptors (Lipinski definition) is 7. The highest BCUT2D eigenvalue weighted by molar-refractivity contribution is 5.93. The highest BCUT2D eigenvalue weighted by Gasteiger charge is 2.62. The molecule has 28 heavy (non-hydrogen) atoms. The molecule has 1 saturated carbocycles. The summed E-state index contributed by atoms with van der Waals surface area (Å²) < 4.78 is 11.1. The van der Waals surface area contributed by atoms with Gasteiger partial charge in [-0.05, 0) is 51.1 Å². The fourth-order valence-corrected chi connectivity index (χ4v) is 4.03. The van der Waals surface area contributed by atoms with Crippen molar-refractivity contribution >= 4 is 11.9 Å². The van der Waals surface area contributed by atoms with E-state index in [-0.39, 0.29) is 17.6 Å². The lowest BCUT2D eigenvalue weighted by molar-refractivity contribution is -0.308. The SMILES string of the molecule is CN(C)C[C@H](c1ccc(O)cc1)C1(O)CCCCC12OC(=O)C=CC(=O)O2.O. The van der Waals surface area contributed by atoms with Crippen LogP contribution in [0.3, 0.4) is 0 Å². The Hall–Kier alpha value is -2.42. The monoisotopic (exact) mass is 393 g/mol. The molecule has 0 amide bonds. The molecule has 0 aromatic heterocycles. The summed E-state index contributed by atoms with van der Waals surface area (Å²) in [7, 11) is 3.75. The molecule has 4 N–H and O–H groups in total. The third-order valence-corrected chi connectivity index (χ3v) is 5.28. The fraction of sp³-hybridized carbons (Fsp3) is 0.500. The van der Waals surface area contributed by atoms with E-state index in [0.717, 1.165) is 17.7 Å². The van der Waals surface area contributed by atoms with Gasteiger partial charge in [-0.25, -0.2) is 9.59 Å². The van der Waals surface area contributed by atoms with E-state index in [2.05, 4.69) is 0 Å². The van der Waals surface area contributed by atoms with Crippen LogP contribution in [-0.2, 0) is 19.1 Å². The minimum Gasteiger partial charge on any atom is -0.508 e. The maximum Gasteiger partial charge on any atom is 0.334 e. The van der Waals surface area contributed by atoms with E-state index in [9.17, 15) is 19.8 Å². The van der Waals surface area contributed by atoms with Crippen molar-refractivity contribution in [2.45, 2.75) is 43.0 Å². The first-order valence-electron chi connectivity index (χ1n) is 9.06. The van der Waals surface area contributed by atoms with E-state index in [1.165, 1.54) is 0 Å². The molecule has 8 heteroatoms. The summed E-state index contributed by atoms with van der Waals surface area (Å²) in [5, 5.41) is 21.5. The minimum atomic E-state index is -1.75. The van der Waals surface area contributed by atoms with E-state index in [1.54, 1.807) is 24.3 Å². The topological polar surface area (TPSA) is 128 Å². The lowest BCUT2D eigenvalue weighted by atomic mass is 9.68. The van der Waals surface area contributed by atoms with Crippen LogP contribution in [0.2, 0.25) is 0 Å². The molecule has 1 unspecified atom stereocenters. The fourth-order valence-electron chi connectivity index (χ4n) is 4.03. The smallest absolute Gasteiger partial charge is 0.334 e. The van der Waals surface area contributed by atoms with Gasteiger partial charge in [0.1, 0.15) is 11.4 Å². The lowest BCUT2D eigenvalue weighted by Gasteiger charge is -2.51. The number of likely N-dealkylation sites (N-methyl/N-ethyl adjacent to an activating group) is 1. The van der Waals surface area contributed by atoms with Crippen LogP contribution in [0.25, 0.3) is 0 Å². The largest absolute Gasteiger partial charge is 0.508 e. The summed E-state index contributed by atoms with van der Waals surface area (Å²) in [6.07, 6.45) is 3.95. The molecule has 1 aromatic rings. The molecule has 2 aliphatic rings. The van der Waals surface area contributed by atoms with Crippen molar-refractivity contribution in [3.63, 3.8) is 0 Å². The normalized spacial score (nSPS) is 24.9. The Bertz CT molecular complexity index is 723. The average Bonchev–Trinajstić information content (AvgIpc) is 2.75. The highest BCUT2D eigenvalue weighted by Crippen LogP contribution is 2.50. The van der Waals surface area contributed by atoms with Gasteiger partial charge in [0.15, 0.2) is 0 Å². The second kappa shape index (κ2) is 8.30. The van der Waals surface area contributed by atoms with Crippen molar-refractivity contribution < 1.29 is 34.8 Å². The van der Waals surface area contributed by atoms with Gasteiger partial charge in [0.2, 0.25) is 0 Å². The van der Waals surface area contributed by atoms with Crippen molar-refractivity contribution in [2.75, 3.05) is 20.6 Å². The molecule has 1 aromatic carbocycles. The van der Waals surface area contributed by atoms with E-state index in [4.69, 9.17) is 9.47 Å². The summed E-state index contributed by atoms with van der Waals surface area (Å²) in [5.74, 6) is -3.57. The predicted molar refractivity (Wildman–Crippen MR) is 100 cm³/mol. The number of esters is 2. The van der Waals surface area contributed by atoms with Crippen molar-refractivity contribution in [3.8, 4) is 5.75 Å². The molecule has 0 saturated heterocycles. The van der Waals surface area contributed by atoms with Gasteiger partial charge in [0.05, 0.1) is 0 Å². The molecule has 1 aliphatic carbocycles. The maximum absolute atomic E-state index is 12.1. The molecule has 1 heterocycles. The molecule has 8 nitrogen and oxygen atoms in total. The first kappa shape index (κ1) is 21.9. The molecule has 154 valence electrons. The number of phenols is 1. The van der Waals surface area contributed by atoms with Gasteiger partial charge in [-0.1, -0.05) is 12.1 Å². The lowest BCUT2D eigenvalue weighted by Crippen LogP contribution is -2.64. The Morgan fingerprint density at radius 2 is 1.57 bits per heavy atom. The Kier molecular flexibility index (Phi) is 6.48. The molecule has 1 fully saturated rings. The quantitative estimate of drug-likeness (QED) is 0.727. The number of benzene rings is 1. The number of carbonyl (C=O) groups excluding carboxylic acids is 2. The van der Waals surface area contributed by atoms with Gasteiger partial charge in [-0.15, -0.1) is 0 Å². The number of nitrogens with zero attached hydrogens (tertiary/aromatic N) is 1. The zero-order valence-electron chi connectivity index (χ0n) is 16.1. The number of aromatic hydroxyl groups is 1. The van der Waals surface area contributed by atoms with Crippen molar-refractivity contribution in [1.82, 2.24) is 4.90 Å². The van der Waals surface area contributed by atoms with Gasteiger partial charge in [-0.2, -0.15) is 0 Å². The molecule has 2 atom stereocenters. The predicted octanol–water partition coefficient (Wildman–Crippen LogP) is 0.870. The summed E-state index contributed by atoms with van der Waals surface area (Å²) >= 11 is 0. The third kappa shape index (κ3) is 4.04.